The van der Waals surface area contributed by atoms with Gasteiger partial charge < -0.3 is 15.2 Å². The fraction of sp³-hybridized carbons (Fsp3) is 0.273. The minimum absolute atomic E-state index is 0.0600. The molecule has 86 valence electrons. The molecule has 1 aromatic carbocycles. The molecule has 0 heterocycles. The van der Waals surface area contributed by atoms with Gasteiger partial charge in [0, 0.05) is 0 Å². The molecule has 0 aliphatic rings. The number of nitrogens with one attached hydrogen (secondary N) is 1. The van der Waals surface area contributed by atoms with Gasteiger partial charge in [0.1, 0.15) is 17.3 Å². The lowest BCUT2D eigenvalue weighted by atomic mass is 10.1. The van der Waals surface area contributed by atoms with E-state index >= 15 is 0 Å². The van der Waals surface area contributed by atoms with Crippen molar-refractivity contribution in [3.63, 3.8) is 0 Å². The van der Waals surface area contributed by atoms with Crippen LogP contribution in [0.2, 0.25) is 0 Å². The van der Waals surface area contributed by atoms with Gasteiger partial charge in [-0.1, -0.05) is 0 Å². The van der Waals surface area contributed by atoms with Crippen molar-refractivity contribution in [1.29, 1.82) is 0 Å². The molecule has 0 aliphatic carbocycles. The Balaban J connectivity index is 2.85. The van der Waals surface area contributed by atoms with E-state index in [-0.39, 0.29) is 23.6 Å². The van der Waals surface area contributed by atoms with E-state index in [1.165, 1.54) is 32.2 Å². The van der Waals surface area contributed by atoms with Gasteiger partial charge in [-0.3, -0.25) is 9.59 Å². The molecule has 0 atom stereocenters. The third kappa shape index (κ3) is 2.98. The van der Waals surface area contributed by atoms with Crippen LogP contribution >= 0.6 is 0 Å². The number of ketones is 1. The smallest absolute Gasteiger partial charge is 0.255 e. The molecule has 0 unspecified atom stereocenters. The Morgan fingerprint density at radius 3 is 2.69 bits per heavy atom. The van der Waals surface area contributed by atoms with Crippen molar-refractivity contribution in [1.82, 2.24) is 5.32 Å². The van der Waals surface area contributed by atoms with Gasteiger partial charge in [0.2, 0.25) is 0 Å². The van der Waals surface area contributed by atoms with Crippen molar-refractivity contribution in [2.24, 2.45) is 0 Å². The Hall–Kier alpha value is -2.04. The highest BCUT2D eigenvalue weighted by Gasteiger charge is 2.12. The van der Waals surface area contributed by atoms with Gasteiger partial charge in [-0.25, -0.2) is 0 Å². The fourth-order valence-corrected chi connectivity index (χ4v) is 1.12. The van der Waals surface area contributed by atoms with E-state index in [1.807, 2.05) is 0 Å². The molecule has 0 spiro atoms. The van der Waals surface area contributed by atoms with Gasteiger partial charge in [-0.05, 0) is 25.1 Å². The molecule has 0 saturated heterocycles. The van der Waals surface area contributed by atoms with Gasteiger partial charge in [0.15, 0.2) is 0 Å². The van der Waals surface area contributed by atoms with Gasteiger partial charge in [0.05, 0.1) is 19.2 Å². The highest BCUT2D eigenvalue weighted by atomic mass is 16.5. The first-order valence-corrected chi connectivity index (χ1v) is 4.69. The maximum Gasteiger partial charge on any atom is 0.255 e. The van der Waals surface area contributed by atoms with Gasteiger partial charge >= 0.3 is 0 Å². The number of hydrogen-bond donors (Lipinski definition) is 2. The zero-order valence-corrected chi connectivity index (χ0v) is 9.11. The number of benzene rings is 1. The zero-order valence-electron chi connectivity index (χ0n) is 9.11. The largest absolute Gasteiger partial charge is 0.507 e. The zero-order chi connectivity index (χ0) is 12.1. The quantitative estimate of drug-likeness (QED) is 0.788. The number of carbonyl (C=O) groups excluding carboxylic acids is 2. The lowest BCUT2D eigenvalue weighted by Crippen LogP contribution is -2.28. The fourth-order valence-electron chi connectivity index (χ4n) is 1.12. The Morgan fingerprint density at radius 1 is 1.44 bits per heavy atom. The summed E-state index contributed by atoms with van der Waals surface area (Å²) in [4.78, 5) is 22.2. The first kappa shape index (κ1) is 12.0. The van der Waals surface area contributed by atoms with Gasteiger partial charge in [0.25, 0.3) is 5.91 Å². The van der Waals surface area contributed by atoms with Crippen LogP contribution in [0.15, 0.2) is 18.2 Å². The standard InChI is InChI=1S/C11H13NO4/c1-7(13)6-12-11(15)9-5-8(16-2)3-4-10(9)14/h3-5,14H,6H2,1-2H3,(H,12,15). The molecule has 1 amide bonds. The van der Waals surface area contributed by atoms with E-state index in [9.17, 15) is 14.7 Å². The summed E-state index contributed by atoms with van der Waals surface area (Å²) >= 11 is 0. The van der Waals surface area contributed by atoms with E-state index in [0.29, 0.717) is 5.75 Å². The number of phenols is 1. The number of methoxy groups -OCH3 is 1. The summed E-state index contributed by atoms with van der Waals surface area (Å²) in [5, 5.41) is 11.9. The summed E-state index contributed by atoms with van der Waals surface area (Å²) in [6.45, 7) is 1.31. The van der Waals surface area contributed by atoms with Crippen LogP contribution in [0.5, 0.6) is 11.5 Å². The molecule has 0 aromatic heterocycles. The molecule has 0 aliphatic heterocycles. The van der Waals surface area contributed by atoms with Crippen LogP contribution in [0.4, 0.5) is 0 Å². The van der Waals surface area contributed by atoms with Crippen LogP contribution in [-0.2, 0) is 4.79 Å². The highest BCUT2D eigenvalue weighted by molar-refractivity contribution is 5.99. The number of aromatic hydroxyl groups is 1. The molecule has 0 saturated carbocycles. The van der Waals surface area contributed by atoms with Crippen LogP contribution in [-0.4, -0.2) is 30.5 Å². The molecule has 5 heteroatoms. The van der Waals surface area contributed by atoms with Crippen molar-refractivity contribution < 1.29 is 19.4 Å². The summed E-state index contributed by atoms with van der Waals surface area (Å²) in [6.07, 6.45) is 0. The van der Waals surface area contributed by atoms with E-state index < -0.39 is 5.91 Å². The normalized spacial score (nSPS) is 9.62. The van der Waals surface area contributed by atoms with E-state index in [0.717, 1.165) is 0 Å². The molecular formula is C11H13NO4. The van der Waals surface area contributed by atoms with E-state index in [2.05, 4.69) is 5.32 Å². The van der Waals surface area contributed by atoms with Gasteiger partial charge in [-0.15, -0.1) is 0 Å². The number of rotatable bonds is 4. The Kier molecular flexibility index (Phi) is 3.88. The second kappa shape index (κ2) is 5.16. The maximum atomic E-state index is 11.6. The second-order valence-electron chi connectivity index (χ2n) is 3.27. The molecule has 1 aromatic rings. The van der Waals surface area contributed by atoms with E-state index in [1.54, 1.807) is 0 Å². The lowest BCUT2D eigenvalue weighted by molar-refractivity contribution is -0.116. The van der Waals surface area contributed by atoms with Crippen molar-refractivity contribution in [3.8, 4) is 11.5 Å². The first-order valence-electron chi connectivity index (χ1n) is 4.69. The van der Waals surface area contributed by atoms with Crippen molar-refractivity contribution in [2.75, 3.05) is 13.7 Å². The number of hydrogen-bond acceptors (Lipinski definition) is 4. The summed E-state index contributed by atoms with van der Waals surface area (Å²) in [6, 6.07) is 4.31. The van der Waals surface area contributed by atoms with Gasteiger partial charge in [-0.2, -0.15) is 0 Å². The third-order valence-corrected chi connectivity index (χ3v) is 1.95. The Labute approximate surface area is 93.0 Å². The monoisotopic (exact) mass is 223 g/mol. The molecule has 0 fully saturated rings. The molecule has 0 radical (unpaired) electrons. The van der Waals surface area contributed by atoms with Crippen molar-refractivity contribution >= 4 is 11.7 Å². The minimum Gasteiger partial charge on any atom is -0.507 e. The summed E-state index contributed by atoms with van der Waals surface area (Å²) in [7, 11) is 1.46. The summed E-state index contributed by atoms with van der Waals surface area (Å²) < 4.78 is 4.93. The highest BCUT2D eigenvalue weighted by Crippen LogP contribution is 2.22. The van der Waals surface area contributed by atoms with E-state index in [4.69, 9.17) is 4.74 Å². The maximum absolute atomic E-state index is 11.6. The Morgan fingerprint density at radius 2 is 2.12 bits per heavy atom. The topological polar surface area (TPSA) is 75.6 Å². The predicted octanol–water partition coefficient (Wildman–Crippen LogP) is 0.720. The number of carbonyl (C=O) groups is 2. The first-order chi connectivity index (χ1) is 7.54. The number of amides is 1. The average Bonchev–Trinajstić information content (AvgIpc) is 2.26. The number of phenolic OH excluding ortho intramolecular Hbond substituents is 1. The van der Waals surface area contributed by atoms with Crippen molar-refractivity contribution in [3.05, 3.63) is 23.8 Å². The number of Topliss-reactive ketones (excluding diaryl/α,β-unsaturated/α-hetero) is 1. The molecular weight excluding hydrogens is 210 g/mol. The second-order valence-corrected chi connectivity index (χ2v) is 3.27. The molecule has 16 heavy (non-hydrogen) atoms. The molecule has 1 rings (SSSR count). The lowest BCUT2D eigenvalue weighted by Gasteiger charge is -2.07. The SMILES string of the molecule is COc1ccc(O)c(C(=O)NCC(C)=O)c1. The van der Waals surface area contributed by atoms with Crippen LogP contribution in [0, 0.1) is 0 Å². The van der Waals surface area contributed by atoms with Crippen LogP contribution < -0.4 is 10.1 Å². The summed E-state index contributed by atoms with van der Waals surface area (Å²) in [5.74, 6) is -0.352. The molecule has 2 N–H and O–H groups in total. The summed E-state index contributed by atoms with van der Waals surface area (Å²) in [5.41, 5.74) is 0.0839. The van der Waals surface area contributed by atoms with Crippen LogP contribution in [0.3, 0.4) is 0 Å². The minimum atomic E-state index is -0.508. The van der Waals surface area contributed by atoms with Crippen LogP contribution in [0.1, 0.15) is 17.3 Å². The van der Waals surface area contributed by atoms with Crippen molar-refractivity contribution in [2.45, 2.75) is 6.92 Å². The third-order valence-electron chi connectivity index (χ3n) is 1.95. The predicted molar refractivity (Wildman–Crippen MR) is 57.7 cm³/mol. The number of ether oxygens (including phenoxy) is 1. The van der Waals surface area contributed by atoms with Crippen LogP contribution in [0.25, 0.3) is 0 Å². The molecule has 5 nitrogen and oxygen atoms in total. The Bertz CT molecular complexity index is 414. The molecule has 0 bridgehead atoms. The average molecular weight is 223 g/mol.